The van der Waals surface area contributed by atoms with Crippen molar-refractivity contribution in [2.45, 2.75) is 12.5 Å². The Kier molecular flexibility index (Phi) is 5.22. The van der Waals surface area contributed by atoms with Gasteiger partial charge in [-0.25, -0.2) is 0 Å². The molecule has 1 atom stereocenters. The number of nitrogens with one attached hydrogen (secondary N) is 1. The highest BCUT2D eigenvalue weighted by molar-refractivity contribution is 5.75. The summed E-state index contributed by atoms with van der Waals surface area (Å²) in [6.07, 6.45) is -0.324. The Labute approximate surface area is 104 Å². The minimum absolute atomic E-state index is 0.0112. The van der Waals surface area contributed by atoms with E-state index in [1.54, 1.807) is 12.1 Å². The third kappa shape index (κ3) is 4.89. The Morgan fingerprint density at radius 1 is 1.44 bits per heavy atom. The van der Waals surface area contributed by atoms with Gasteiger partial charge in [-0.1, -0.05) is 12.1 Å². The van der Waals surface area contributed by atoms with Crippen LogP contribution in [0.5, 0.6) is 0 Å². The fraction of sp³-hybridized carbons (Fsp3) is 0.364. The second kappa shape index (κ2) is 6.67. The van der Waals surface area contributed by atoms with Gasteiger partial charge >= 0.3 is 0 Å². The number of hydrogen-bond acceptors (Lipinski definition) is 5. The molecular formula is C11H15N3O4. The molecule has 0 heterocycles. The molecule has 0 aromatic heterocycles. The fourth-order valence-electron chi connectivity index (χ4n) is 1.46. The number of nitrogens with two attached hydrogens (primary N) is 1. The van der Waals surface area contributed by atoms with Gasteiger partial charge < -0.3 is 16.2 Å². The number of carbonyl (C=O) groups excluding carboxylic acids is 1. The van der Waals surface area contributed by atoms with E-state index in [2.05, 4.69) is 5.32 Å². The lowest BCUT2D eigenvalue weighted by Crippen LogP contribution is -2.35. The highest BCUT2D eigenvalue weighted by atomic mass is 16.6. The van der Waals surface area contributed by atoms with Gasteiger partial charge in [-0.2, -0.15) is 0 Å². The molecule has 0 radical (unpaired) electrons. The summed E-state index contributed by atoms with van der Waals surface area (Å²) in [6, 6.07) is 5.96. The van der Waals surface area contributed by atoms with Crippen molar-refractivity contribution in [3.63, 3.8) is 0 Å². The Bertz CT molecular complexity index is 419. The Hall–Kier alpha value is -1.99. The number of aliphatic hydroxyl groups excluding tert-OH is 1. The first-order chi connectivity index (χ1) is 8.49. The number of benzene rings is 1. The van der Waals surface area contributed by atoms with Crippen LogP contribution in [0, 0.1) is 10.1 Å². The maximum Gasteiger partial charge on any atom is 0.269 e. The summed E-state index contributed by atoms with van der Waals surface area (Å²) in [6.45, 7) is 0.247. The summed E-state index contributed by atoms with van der Waals surface area (Å²) >= 11 is 0. The average Bonchev–Trinajstić information content (AvgIpc) is 2.29. The van der Waals surface area contributed by atoms with Gasteiger partial charge in [0.05, 0.1) is 17.6 Å². The van der Waals surface area contributed by atoms with E-state index in [-0.39, 0.29) is 18.8 Å². The number of hydrogen-bond donors (Lipinski definition) is 3. The summed E-state index contributed by atoms with van der Waals surface area (Å²) < 4.78 is 0. The van der Waals surface area contributed by atoms with E-state index in [0.717, 1.165) is 5.56 Å². The van der Waals surface area contributed by atoms with Crippen LogP contribution in [0.25, 0.3) is 0 Å². The second-order valence-corrected chi connectivity index (χ2v) is 3.88. The summed E-state index contributed by atoms with van der Waals surface area (Å²) in [7, 11) is 0. The van der Waals surface area contributed by atoms with E-state index < -0.39 is 16.9 Å². The van der Waals surface area contributed by atoms with Gasteiger partial charge in [-0.3, -0.25) is 14.9 Å². The van der Waals surface area contributed by atoms with E-state index in [9.17, 15) is 20.0 Å². The molecule has 98 valence electrons. The molecule has 7 nitrogen and oxygen atoms in total. The van der Waals surface area contributed by atoms with Crippen LogP contribution in [0.1, 0.15) is 5.56 Å². The van der Waals surface area contributed by atoms with Crippen molar-refractivity contribution in [2.24, 2.45) is 5.73 Å². The quantitative estimate of drug-likeness (QED) is 0.450. The number of nitro groups is 1. The molecule has 0 aliphatic carbocycles. The van der Waals surface area contributed by atoms with Crippen molar-refractivity contribution < 1.29 is 14.8 Å². The molecule has 1 rings (SSSR count). The Balaban J connectivity index is 2.41. The molecule has 1 aromatic carbocycles. The molecule has 1 amide bonds. The average molecular weight is 253 g/mol. The summed E-state index contributed by atoms with van der Waals surface area (Å²) in [5.41, 5.74) is 5.73. The minimum atomic E-state index is -0.675. The van der Waals surface area contributed by atoms with Crippen LogP contribution >= 0.6 is 0 Å². The molecule has 0 saturated carbocycles. The minimum Gasteiger partial charge on any atom is -0.391 e. The third-order valence-corrected chi connectivity index (χ3v) is 2.30. The number of aliphatic hydroxyl groups is 1. The molecule has 0 aliphatic rings. The maximum absolute atomic E-state index is 10.5. The molecule has 18 heavy (non-hydrogen) atoms. The van der Waals surface area contributed by atoms with Gasteiger partial charge in [0.25, 0.3) is 5.69 Å². The molecule has 0 spiro atoms. The van der Waals surface area contributed by atoms with Crippen molar-refractivity contribution in [3.05, 3.63) is 39.9 Å². The van der Waals surface area contributed by atoms with Crippen molar-refractivity contribution in [1.29, 1.82) is 0 Å². The van der Waals surface area contributed by atoms with E-state index in [1.165, 1.54) is 12.1 Å². The predicted molar refractivity (Wildman–Crippen MR) is 64.9 cm³/mol. The standard InChI is InChI=1S/C11H15N3O4/c12-11(16)7-13-6-10(15)5-8-1-3-9(4-2-8)14(17)18/h1-4,10,13,15H,5-7H2,(H2,12,16). The Morgan fingerprint density at radius 2 is 2.06 bits per heavy atom. The van der Waals surface area contributed by atoms with Gasteiger partial charge in [0, 0.05) is 18.7 Å². The zero-order valence-electron chi connectivity index (χ0n) is 9.70. The van der Waals surface area contributed by atoms with Crippen molar-refractivity contribution >= 4 is 11.6 Å². The van der Waals surface area contributed by atoms with E-state index in [1.807, 2.05) is 0 Å². The van der Waals surface area contributed by atoms with Crippen LogP contribution in [0.2, 0.25) is 0 Å². The smallest absolute Gasteiger partial charge is 0.269 e. The predicted octanol–water partition coefficient (Wildman–Crippen LogP) is -0.427. The number of nitrogens with zero attached hydrogens (tertiary/aromatic N) is 1. The first-order valence-corrected chi connectivity index (χ1v) is 5.39. The van der Waals surface area contributed by atoms with E-state index >= 15 is 0 Å². The number of carbonyl (C=O) groups is 1. The number of primary amides is 1. The lowest BCUT2D eigenvalue weighted by molar-refractivity contribution is -0.384. The van der Waals surface area contributed by atoms with Crippen molar-refractivity contribution in [2.75, 3.05) is 13.1 Å². The molecule has 0 fully saturated rings. The van der Waals surface area contributed by atoms with E-state index in [4.69, 9.17) is 5.73 Å². The first-order valence-electron chi connectivity index (χ1n) is 5.39. The second-order valence-electron chi connectivity index (χ2n) is 3.88. The zero-order valence-corrected chi connectivity index (χ0v) is 9.70. The highest BCUT2D eigenvalue weighted by Crippen LogP contribution is 2.12. The van der Waals surface area contributed by atoms with E-state index in [0.29, 0.717) is 6.42 Å². The van der Waals surface area contributed by atoms with Gasteiger partial charge in [0.2, 0.25) is 5.91 Å². The molecular weight excluding hydrogens is 238 g/mol. The maximum atomic E-state index is 10.5. The number of non-ortho nitro benzene ring substituents is 1. The van der Waals surface area contributed by atoms with Gasteiger partial charge in [0.15, 0.2) is 0 Å². The van der Waals surface area contributed by atoms with Crippen molar-refractivity contribution in [3.8, 4) is 0 Å². The molecule has 0 saturated heterocycles. The number of rotatable bonds is 7. The summed E-state index contributed by atoms with van der Waals surface area (Å²) in [5, 5.41) is 22.8. The topological polar surface area (TPSA) is 118 Å². The van der Waals surface area contributed by atoms with Crippen LogP contribution in [-0.4, -0.2) is 35.1 Å². The van der Waals surface area contributed by atoms with Crippen LogP contribution in [0.3, 0.4) is 0 Å². The molecule has 0 bridgehead atoms. The lowest BCUT2D eigenvalue weighted by Gasteiger charge is -2.10. The molecule has 1 unspecified atom stereocenters. The molecule has 4 N–H and O–H groups in total. The van der Waals surface area contributed by atoms with Crippen LogP contribution in [0.4, 0.5) is 5.69 Å². The van der Waals surface area contributed by atoms with Crippen LogP contribution in [-0.2, 0) is 11.2 Å². The normalized spacial score (nSPS) is 12.1. The summed E-state index contributed by atoms with van der Waals surface area (Å²) in [5.74, 6) is -0.488. The van der Waals surface area contributed by atoms with Crippen LogP contribution in [0.15, 0.2) is 24.3 Å². The molecule has 0 aliphatic heterocycles. The number of amides is 1. The lowest BCUT2D eigenvalue weighted by atomic mass is 10.1. The monoisotopic (exact) mass is 253 g/mol. The molecule has 7 heteroatoms. The first kappa shape index (κ1) is 14.1. The summed E-state index contributed by atoms with van der Waals surface area (Å²) in [4.78, 5) is 20.4. The van der Waals surface area contributed by atoms with Gasteiger partial charge in [-0.15, -0.1) is 0 Å². The van der Waals surface area contributed by atoms with Crippen LogP contribution < -0.4 is 11.1 Å². The number of nitro benzene ring substituents is 1. The fourth-order valence-corrected chi connectivity index (χ4v) is 1.46. The third-order valence-electron chi connectivity index (χ3n) is 2.30. The van der Waals surface area contributed by atoms with Crippen molar-refractivity contribution in [1.82, 2.24) is 5.32 Å². The SMILES string of the molecule is NC(=O)CNCC(O)Cc1ccc([N+](=O)[O-])cc1. The van der Waals surface area contributed by atoms with Gasteiger partial charge in [-0.05, 0) is 12.0 Å². The highest BCUT2D eigenvalue weighted by Gasteiger charge is 2.08. The van der Waals surface area contributed by atoms with Gasteiger partial charge in [0.1, 0.15) is 0 Å². The zero-order chi connectivity index (χ0) is 13.5. The largest absolute Gasteiger partial charge is 0.391 e. The molecule has 1 aromatic rings. The Morgan fingerprint density at radius 3 is 2.56 bits per heavy atom.